The highest BCUT2D eigenvalue weighted by Gasteiger charge is 2.32. The number of anilines is 2. The van der Waals surface area contributed by atoms with E-state index < -0.39 is 32.1 Å². The summed E-state index contributed by atoms with van der Waals surface area (Å²) >= 11 is 3.48. The van der Waals surface area contributed by atoms with Crippen molar-refractivity contribution in [3.05, 3.63) is 91.9 Å². The van der Waals surface area contributed by atoms with Gasteiger partial charge in [0.2, 0.25) is 0 Å². The van der Waals surface area contributed by atoms with Crippen molar-refractivity contribution in [2.45, 2.75) is 81.8 Å². The van der Waals surface area contributed by atoms with Gasteiger partial charge in [-0.15, -0.1) is 0 Å². The first-order valence-electron chi connectivity index (χ1n) is 19.0. The number of nitrogens with one attached hydrogen (secondary N) is 2. The molecule has 0 spiro atoms. The third-order valence-corrected chi connectivity index (χ3v) is 13.3. The molecule has 2 saturated heterocycles. The van der Waals surface area contributed by atoms with Crippen LogP contribution in [0.4, 0.5) is 17.1 Å². The largest absolute Gasteiger partial charge is 0.390 e. The second-order valence-electron chi connectivity index (χ2n) is 15.7. The second-order valence-corrected chi connectivity index (χ2v) is 18.2. The molecule has 0 aromatic heterocycles. The molecule has 2 aliphatic heterocycles. The summed E-state index contributed by atoms with van der Waals surface area (Å²) in [4.78, 5) is 29.0. The van der Waals surface area contributed by atoms with Crippen molar-refractivity contribution in [1.82, 2.24) is 9.62 Å². The topological polar surface area (TPSA) is 154 Å². The summed E-state index contributed by atoms with van der Waals surface area (Å²) in [7, 11) is -4.43. The highest BCUT2D eigenvalue weighted by atomic mass is 79.9. The van der Waals surface area contributed by atoms with E-state index in [2.05, 4.69) is 73.9 Å². The maximum Gasteiger partial charge on any atom is 0.293 e. The Hall–Kier alpha value is -3.56. The second kappa shape index (κ2) is 17.1. The number of nitro benzene ring substituents is 1. The van der Waals surface area contributed by atoms with Gasteiger partial charge in [0.1, 0.15) is 5.69 Å². The lowest BCUT2D eigenvalue weighted by atomic mass is 9.80. The van der Waals surface area contributed by atoms with Gasteiger partial charge in [-0.05, 0) is 121 Å². The minimum absolute atomic E-state index is 0.136. The summed E-state index contributed by atoms with van der Waals surface area (Å²) in [5.41, 5.74) is 2.92. The first-order chi connectivity index (χ1) is 25.7. The van der Waals surface area contributed by atoms with E-state index in [0.29, 0.717) is 42.3 Å². The predicted molar refractivity (Wildman–Crippen MR) is 214 cm³/mol. The summed E-state index contributed by atoms with van der Waals surface area (Å²) < 4.78 is 35.0. The molecule has 0 unspecified atom stereocenters. The van der Waals surface area contributed by atoms with Crippen molar-refractivity contribution in [2.75, 3.05) is 56.2 Å². The minimum atomic E-state index is -4.43. The fourth-order valence-electron chi connectivity index (χ4n) is 8.05. The molecular weight excluding hydrogens is 774 g/mol. The molecule has 3 aromatic rings. The summed E-state index contributed by atoms with van der Waals surface area (Å²) in [5.74, 6) is 0.375. The number of amides is 1. The van der Waals surface area contributed by atoms with Crippen LogP contribution in [0.2, 0.25) is 0 Å². The molecule has 2 heterocycles. The minimum Gasteiger partial charge on any atom is -0.390 e. The van der Waals surface area contributed by atoms with E-state index in [4.69, 9.17) is 4.74 Å². The fraction of sp³-hybridized carbons (Fsp3) is 0.525. The standard InChI is InChI=1S/C40H52BrN5O7S/c1-27(2)32-6-4-5-7-33(32)38-26-53-21-20-45(38)25-29-14-18-44(19-15-29)30-8-10-34(35(41)22-30)39(47)43-54(51,52)31-9-11-36(37(23-31)46(49)50)42-24-28-12-16-40(3,48)17-13-28/h4-11,22-23,27-29,38,42,48H,12-21,24-26H2,1-3H3,(H,43,47)/t28?,38-,40?/m0/s1. The molecule has 292 valence electrons. The average molecular weight is 827 g/mol. The number of aliphatic hydroxyl groups is 1. The van der Waals surface area contributed by atoms with Crippen LogP contribution >= 0.6 is 15.9 Å². The third kappa shape index (κ3) is 9.62. The maximum absolute atomic E-state index is 13.3. The van der Waals surface area contributed by atoms with Crippen molar-refractivity contribution in [2.24, 2.45) is 11.8 Å². The smallest absolute Gasteiger partial charge is 0.293 e. The SMILES string of the molecule is CC(C)c1ccccc1[C@@H]1COCCN1CC1CCN(c2ccc(C(=O)NS(=O)(=O)c3ccc(NCC4CCC(C)(O)CC4)c([N+](=O)[O-])c3)c(Br)c2)CC1. The number of benzene rings is 3. The Labute approximate surface area is 327 Å². The van der Waals surface area contributed by atoms with Gasteiger partial charge in [0, 0.05) is 49.0 Å². The molecule has 1 aliphatic carbocycles. The number of ether oxygens (including phenoxy) is 1. The van der Waals surface area contributed by atoms with Crippen LogP contribution in [0.25, 0.3) is 0 Å². The van der Waals surface area contributed by atoms with Crippen LogP contribution in [0.1, 0.15) is 92.7 Å². The lowest BCUT2D eigenvalue weighted by Gasteiger charge is -2.41. The Morgan fingerprint density at radius 1 is 1.04 bits per heavy atom. The van der Waals surface area contributed by atoms with Gasteiger partial charge in [-0.25, -0.2) is 13.1 Å². The highest BCUT2D eigenvalue weighted by Crippen LogP contribution is 2.36. The molecule has 54 heavy (non-hydrogen) atoms. The number of carbonyl (C=O) groups excluding carboxylic acids is 1. The number of hydrogen-bond acceptors (Lipinski definition) is 10. The van der Waals surface area contributed by atoms with Crippen LogP contribution in [0.5, 0.6) is 0 Å². The number of nitro groups is 1. The summed E-state index contributed by atoms with van der Waals surface area (Å²) in [5, 5.41) is 25.2. The average Bonchev–Trinajstić information content (AvgIpc) is 3.14. The zero-order valence-corrected chi connectivity index (χ0v) is 33.7. The van der Waals surface area contributed by atoms with Crippen molar-refractivity contribution in [3.8, 4) is 0 Å². The molecule has 3 fully saturated rings. The summed E-state index contributed by atoms with van der Waals surface area (Å²) in [6, 6.07) is 17.8. The Morgan fingerprint density at radius 2 is 1.76 bits per heavy atom. The Balaban J connectivity index is 1.05. The van der Waals surface area contributed by atoms with Gasteiger partial charge in [-0.2, -0.15) is 0 Å². The highest BCUT2D eigenvalue weighted by molar-refractivity contribution is 9.10. The normalized spacial score (nSPS) is 23.0. The molecule has 14 heteroatoms. The van der Waals surface area contributed by atoms with E-state index in [1.807, 2.05) is 19.1 Å². The van der Waals surface area contributed by atoms with Crippen molar-refractivity contribution in [3.63, 3.8) is 0 Å². The van der Waals surface area contributed by atoms with Crippen LogP contribution in [-0.4, -0.2) is 80.8 Å². The van der Waals surface area contributed by atoms with Gasteiger partial charge >= 0.3 is 0 Å². The molecule has 1 atom stereocenters. The first-order valence-corrected chi connectivity index (χ1v) is 21.3. The Kier molecular flexibility index (Phi) is 12.7. The number of piperidine rings is 1. The van der Waals surface area contributed by atoms with Crippen molar-refractivity contribution in [1.29, 1.82) is 0 Å². The number of hydrogen-bond donors (Lipinski definition) is 3. The lowest BCUT2D eigenvalue weighted by molar-refractivity contribution is -0.384. The van der Waals surface area contributed by atoms with E-state index in [1.165, 1.54) is 23.3 Å². The van der Waals surface area contributed by atoms with Gasteiger partial charge in [-0.1, -0.05) is 38.1 Å². The predicted octanol–water partition coefficient (Wildman–Crippen LogP) is 7.24. The molecule has 1 saturated carbocycles. The molecular formula is C40H52BrN5O7S. The first kappa shape index (κ1) is 40.1. The van der Waals surface area contributed by atoms with E-state index in [9.17, 15) is 28.4 Å². The van der Waals surface area contributed by atoms with Crippen LogP contribution in [-0.2, 0) is 14.8 Å². The van der Waals surface area contributed by atoms with Crippen LogP contribution in [0.3, 0.4) is 0 Å². The van der Waals surface area contributed by atoms with Gasteiger partial charge in [0.25, 0.3) is 21.6 Å². The Bertz CT molecular complexity index is 1920. The molecule has 1 amide bonds. The number of halogens is 1. The fourth-order valence-corrected chi connectivity index (χ4v) is 9.58. The monoisotopic (exact) mass is 825 g/mol. The molecule has 3 N–H and O–H groups in total. The molecule has 6 rings (SSSR count). The molecule has 0 radical (unpaired) electrons. The number of nitrogens with zero attached hydrogens (tertiary/aromatic N) is 3. The van der Waals surface area contributed by atoms with Crippen LogP contribution in [0.15, 0.2) is 70.0 Å². The van der Waals surface area contributed by atoms with E-state index in [0.717, 1.165) is 70.2 Å². The van der Waals surface area contributed by atoms with Crippen LogP contribution in [0, 0.1) is 22.0 Å². The zero-order chi connectivity index (χ0) is 38.6. The molecule has 0 bridgehead atoms. The van der Waals surface area contributed by atoms with E-state index >= 15 is 0 Å². The number of carbonyl (C=O) groups is 1. The van der Waals surface area contributed by atoms with E-state index in [1.54, 1.807) is 6.07 Å². The van der Waals surface area contributed by atoms with E-state index in [-0.39, 0.29) is 28.1 Å². The number of morpholine rings is 1. The Morgan fingerprint density at radius 3 is 2.44 bits per heavy atom. The molecule has 3 aliphatic rings. The summed E-state index contributed by atoms with van der Waals surface area (Å²) in [6.07, 6.45) is 4.93. The van der Waals surface area contributed by atoms with Crippen molar-refractivity contribution >= 4 is 48.9 Å². The molecule has 3 aromatic carbocycles. The van der Waals surface area contributed by atoms with Gasteiger partial charge in [-0.3, -0.25) is 19.8 Å². The molecule has 12 nitrogen and oxygen atoms in total. The van der Waals surface area contributed by atoms with Crippen LogP contribution < -0.4 is 14.9 Å². The van der Waals surface area contributed by atoms with Gasteiger partial charge in [0.15, 0.2) is 0 Å². The van der Waals surface area contributed by atoms with Crippen molar-refractivity contribution < 1.29 is 28.0 Å². The zero-order valence-electron chi connectivity index (χ0n) is 31.3. The van der Waals surface area contributed by atoms with Gasteiger partial charge in [0.05, 0.1) is 40.2 Å². The maximum atomic E-state index is 13.3. The number of sulfonamides is 1. The number of rotatable bonds is 12. The van der Waals surface area contributed by atoms with Gasteiger partial charge < -0.3 is 20.1 Å². The quantitative estimate of drug-likeness (QED) is 0.126. The lowest BCUT2D eigenvalue weighted by Crippen LogP contribution is -2.45. The third-order valence-electron chi connectivity index (χ3n) is 11.4. The summed E-state index contributed by atoms with van der Waals surface area (Å²) in [6.45, 7) is 11.8.